The molecule has 0 radical (unpaired) electrons. The third kappa shape index (κ3) is 1.51. The molecule has 0 aliphatic heterocycles. The molecule has 0 bridgehead atoms. The van der Waals surface area contributed by atoms with E-state index in [4.69, 9.17) is 10.5 Å². The summed E-state index contributed by atoms with van der Waals surface area (Å²) in [4.78, 5) is 0. The van der Waals surface area contributed by atoms with Crippen molar-refractivity contribution in [3.63, 3.8) is 0 Å². The number of halogens is 1. The van der Waals surface area contributed by atoms with Gasteiger partial charge in [-0.15, -0.1) is 0 Å². The molecule has 0 saturated heterocycles. The van der Waals surface area contributed by atoms with E-state index >= 15 is 0 Å². The largest absolute Gasteiger partial charge is 0.493 e. The van der Waals surface area contributed by atoms with Crippen LogP contribution in [0.4, 0.5) is 4.39 Å². The molecule has 0 heterocycles. The van der Waals surface area contributed by atoms with E-state index < -0.39 is 0 Å². The zero-order chi connectivity index (χ0) is 11.1. The smallest absolute Gasteiger partial charge is 0.165 e. The van der Waals surface area contributed by atoms with Crippen LogP contribution in [0.2, 0.25) is 0 Å². The van der Waals surface area contributed by atoms with Crippen LogP contribution in [0.3, 0.4) is 0 Å². The van der Waals surface area contributed by atoms with Crippen LogP contribution in [0.25, 0.3) is 0 Å². The highest BCUT2D eigenvalue weighted by Gasteiger charge is 2.38. The number of hydrogen-bond acceptors (Lipinski definition) is 2. The zero-order valence-electron chi connectivity index (χ0n) is 9.14. The van der Waals surface area contributed by atoms with Crippen molar-refractivity contribution in [3.8, 4) is 5.75 Å². The zero-order valence-corrected chi connectivity index (χ0v) is 9.14. The quantitative estimate of drug-likeness (QED) is 0.812. The van der Waals surface area contributed by atoms with Crippen molar-refractivity contribution < 1.29 is 9.13 Å². The Labute approximate surface area is 89.2 Å². The van der Waals surface area contributed by atoms with Crippen LogP contribution in [-0.2, 0) is 5.54 Å². The van der Waals surface area contributed by atoms with Gasteiger partial charge < -0.3 is 10.5 Å². The number of rotatable bonds is 2. The second-order valence-corrected chi connectivity index (χ2v) is 4.28. The average Bonchev–Trinajstić information content (AvgIpc) is 2.17. The Balaban J connectivity index is 2.57. The van der Waals surface area contributed by atoms with E-state index in [1.165, 1.54) is 13.2 Å². The van der Waals surface area contributed by atoms with E-state index in [9.17, 15) is 4.39 Å². The number of nitrogens with two attached hydrogens (primary N) is 1. The molecular weight excluding hydrogens is 193 g/mol. The van der Waals surface area contributed by atoms with Crippen LogP contribution >= 0.6 is 0 Å². The molecule has 1 aliphatic carbocycles. The Morgan fingerprint density at radius 1 is 1.40 bits per heavy atom. The second kappa shape index (κ2) is 3.49. The fourth-order valence-corrected chi connectivity index (χ4v) is 2.28. The van der Waals surface area contributed by atoms with Crippen LogP contribution in [0.15, 0.2) is 12.1 Å². The summed E-state index contributed by atoms with van der Waals surface area (Å²) >= 11 is 0. The summed E-state index contributed by atoms with van der Waals surface area (Å²) in [5.74, 6) is -0.00738. The predicted octanol–water partition coefficient (Wildman–Crippen LogP) is 2.48. The lowest BCUT2D eigenvalue weighted by molar-refractivity contribution is 0.239. The van der Waals surface area contributed by atoms with Crippen molar-refractivity contribution in [2.45, 2.75) is 31.7 Å². The van der Waals surface area contributed by atoms with E-state index in [-0.39, 0.29) is 11.4 Å². The van der Waals surface area contributed by atoms with Gasteiger partial charge in [-0.25, -0.2) is 4.39 Å². The van der Waals surface area contributed by atoms with Gasteiger partial charge in [0.15, 0.2) is 11.6 Å². The Morgan fingerprint density at radius 2 is 2.07 bits per heavy atom. The van der Waals surface area contributed by atoms with Gasteiger partial charge >= 0.3 is 0 Å². The van der Waals surface area contributed by atoms with Gasteiger partial charge in [-0.3, -0.25) is 0 Å². The Kier molecular flexibility index (Phi) is 2.43. The molecule has 0 unspecified atom stereocenters. The third-order valence-electron chi connectivity index (χ3n) is 3.27. The molecule has 3 heteroatoms. The topological polar surface area (TPSA) is 35.2 Å². The fourth-order valence-electron chi connectivity index (χ4n) is 2.28. The lowest BCUT2D eigenvalue weighted by Gasteiger charge is -2.40. The van der Waals surface area contributed by atoms with Crippen molar-refractivity contribution in [2.75, 3.05) is 7.11 Å². The van der Waals surface area contributed by atoms with Gasteiger partial charge in [0.2, 0.25) is 0 Å². The maximum absolute atomic E-state index is 13.5. The summed E-state index contributed by atoms with van der Waals surface area (Å²) in [6.45, 7) is 1.95. The molecule has 1 fully saturated rings. The standard InChI is InChI=1S/C12H16FNO/c1-8-4-5-9(13)11(15-2)10(8)12(14)6-3-7-12/h4-5H,3,6-7,14H2,1-2H3. The van der Waals surface area contributed by atoms with Crippen LogP contribution in [-0.4, -0.2) is 7.11 Å². The molecule has 1 aromatic rings. The minimum absolute atomic E-state index is 0.317. The van der Waals surface area contributed by atoms with Crippen LogP contribution in [0.5, 0.6) is 5.75 Å². The summed E-state index contributed by atoms with van der Waals surface area (Å²) in [6.07, 6.45) is 2.93. The van der Waals surface area contributed by atoms with Gasteiger partial charge in [0.1, 0.15) is 0 Å². The molecule has 2 rings (SSSR count). The molecule has 0 amide bonds. The molecule has 2 N–H and O–H groups in total. The van der Waals surface area contributed by atoms with E-state index in [1.54, 1.807) is 6.07 Å². The normalized spacial score (nSPS) is 18.4. The minimum Gasteiger partial charge on any atom is -0.493 e. The van der Waals surface area contributed by atoms with Crippen LogP contribution in [0.1, 0.15) is 30.4 Å². The number of hydrogen-bond donors (Lipinski definition) is 1. The molecule has 0 spiro atoms. The summed E-state index contributed by atoms with van der Waals surface area (Å²) in [6, 6.07) is 3.19. The van der Waals surface area contributed by atoms with Gasteiger partial charge in [0.25, 0.3) is 0 Å². The van der Waals surface area contributed by atoms with Crippen molar-refractivity contribution in [1.82, 2.24) is 0 Å². The first-order valence-corrected chi connectivity index (χ1v) is 5.21. The first-order valence-electron chi connectivity index (χ1n) is 5.21. The maximum Gasteiger partial charge on any atom is 0.165 e. The molecule has 82 valence electrons. The predicted molar refractivity (Wildman–Crippen MR) is 57.4 cm³/mol. The molecule has 0 atom stereocenters. The summed E-state index contributed by atoms with van der Waals surface area (Å²) in [5.41, 5.74) is 7.70. The van der Waals surface area contributed by atoms with Gasteiger partial charge in [0, 0.05) is 11.1 Å². The van der Waals surface area contributed by atoms with Gasteiger partial charge in [0.05, 0.1) is 7.11 Å². The molecule has 0 aromatic heterocycles. The van der Waals surface area contributed by atoms with E-state index in [2.05, 4.69) is 0 Å². The average molecular weight is 209 g/mol. The maximum atomic E-state index is 13.5. The molecular formula is C12H16FNO. The first-order chi connectivity index (χ1) is 7.08. The second-order valence-electron chi connectivity index (χ2n) is 4.28. The number of methoxy groups -OCH3 is 1. The molecule has 1 aliphatic rings. The van der Waals surface area contributed by atoms with Crippen LogP contribution in [0, 0.1) is 12.7 Å². The van der Waals surface area contributed by atoms with E-state index in [1.807, 2.05) is 6.92 Å². The van der Waals surface area contributed by atoms with Crippen LogP contribution < -0.4 is 10.5 Å². The van der Waals surface area contributed by atoms with Gasteiger partial charge in [-0.1, -0.05) is 6.07 Å². The fraction of sp³-hybridized carbons (Fsp3) is 0.500. The van der Waals surface area contributed by atoms with Gasteiger partial charge in [-0.2, -0.15) is 0 Å². The summed E-state index contributed by atoms with van der Waals surface area (Å²) in [5, 5.41) is 0. The first kappa shape index (κ1) is 10.4. The van der Waals surface area contributed by atoms with Crippen molar-refractivity contribution in [3.05, 3.63) is 29.1 Å². The Hall–Kier alpha value is -1.09. The third-order valence-corrected chi connectivity index (χ3v) is 3.27. The Morgan fingerprint density at radius 3 is 2.53 bits per heavy atom. The lowest BCUT2D eigenvalue weighted by atomic mass is 9.71. The van der Waals surface area contributed by atoms with Crippen molar-refractivity contribution in [1.29, 1.82) is 0 Å². The van der Waals surface area contributed by atoms with E-state index in [0.717, 1.165) is 30.4 Å². The summed E-state index contributed by atoms with van der Waals surface area (Å²) < 4.78 is 18.7. The number of aryl methyl sites for hydroxylation is 1. The van der Waals surface area contributed by atoms with Gasteiger partial charge in [-0.05, 0) is 37.8 Å². The monoisotopic (exact) mass is 209 g/mol. The lowest BCUT2D eigenvalue weighted by Crippen LogP contribution is -2.44. The highest BCUT2D eigenvalue weighted by Crippen LogP contribution is 2.45. The van der Waals surface area contributed by atoms with Crippen molar-refractivity contribution in [2.24, 2.45) is 5.73 Å². The molecule has 1 aromatic carbocycles. The SMILES string of the molecule is COc1c(F)ccc(C)c1C1(N)CCC1. The minimum atomic E-state index is -0.377. The molecule has 2 nitrogen and oxygen atoms in total. The Bertz CT molecular complexity index is 385. The summed E-state index contributed by atoms with van der Waals surface area (Å²) in [7, 11) is 1.49. The molecule has 1 saturated carbocycles. The number of ether oxygens (including phenoxy) is 1. The molecule has 15 heavy (non-hydrogen) atoms. The van der Waals surface area contributed by atoms with E-state index in [0.29, 0.717) is 5.75 Å². The number of benzene rings is 1. The highest BCUT2D eigenvalue weighted by atomic mass is 19.1. The highest BCUT2D eigenvalue weighted by molar-refractivity contribution is 5.46. The van der Waals surface area contributed by atoms with Crippen molar-refractivity contribution >= 4 is 0 Å².